The molecule has 4 heteroatoms. The smallest absolute Gasteiger partial charge is 0.253 e. The van der Waals surface area contributed by atoms with Gasteiger partial charge in [-0.1, -0.05) is 6.08 Å². The van der Waals surface area contributed by atoms with Gasteiger partial charge in [-0.15, -0.1) is 6.58 Å². The van der Waals surface area contributed by atoms with Crippen LogP contribution in [0.4, 0.5) is 5.69 Å². The van der Waals surface area contributed by atoms with E-state index in [9.17, 15) is 4.79 Å². The molecule has 2 heterocycles. The minimum atomic E-state index is 0.168. The summed E-state index contributed by atoms with van der Waals surface area (Å²) < 4.78 is 0. The summed E-state index contributed by atoms with van der Waals surface area (Å²) in [6, 6.07) is 7.77. The number of piperidine rings is 1. The van der Waals surface area contributed by atoms with Crippen LogP contribution in [-0.4, -0.2) is 43.5 Å². The molecule has 1 atom stereocenters. The predicted octanol–water partition coefficient (Wildman–Crippen LogP) is 2.50. The highest BCUT2D eigenvalue weighted by atomic mass is 16.2. The summed E-state index contributed by atoms with van der Waals surface area (Å²) in [4.78, 5) is 14.8. The summed E-state index contributed by atoms with van der Waals surface area (Å²) in [7, 11) is 0. The van der Waals surface area contributed by atoms with E-state index in [-0.39, 0.29) is 5.91 Å². The van der Waals surface area contributed by atoms with Crippen molar-refractivity contribution in [3.8, 4) is 0 Å². The fraction of sp³-hybridized carbons (Fsp3) is 0.500. The average Bonchev–Trinajstić information content (AvgIpc) is 3.00. The van der Waals surface area contributed by atoms with Gasteiger partial charge in [0.1, 0.15) is 0 Å². The maximum Gasteiger partial charge on any atom is 0.253 e. The first-order valence-corrected chi connectivity index (χ1v) is 8.17. The van der Waals surface area contributed by atoms with Crippen LogP contribution in [0.1, 0.15) is 29.6 Å². The average molecular weight is 299 g/mol. The molecule has 22 heavy (non-hydrogen) atoms. The lowest BCUT2D eigenvalue weighted by Gasteiger charge is -2.40. The third-order valence-corrected chi connectivity index (χ3v) is 4.86. The number of carbonyl (C=O) groups excluding carboxylic acids is 1. The summed E-state index contributed by atoms with van der Waals surface area (Å²) in [5, 5.41) is 6.68. The summed E-state index contributed by atoms with van der Waals surface area (Å²) in [5.41, 5.74) is 2.12. The molecule has 1 aromatic carbocycles. The van der Waals surface area contributed by atoms with E-state index in [1.165, 1.54) is 12.8 Å². The maximum absolute atomic E-state index is 12.7. The standard InChI is InChI=1S/C18H25N3O/c1-2-10-20-16-6-4-15(5-7-16)17(22)21-12-3-8-18(14-21)9-11-19-13-18/h2,4-7,19-20H,1,3,8-14H2/t18-/m1/s1. The number of carbonyl (C=O) groups is 1. The van der Waals surface area contributed by atoms with Crippen molar-refractivity contribution < 1.29 is 4.79 Å². The lowest BCUT2D eigenvalue weighted by Crippen LogP contribution is -2.47. The van der Waals surface area contributed by atoms with E-state index in [2.05, 4.69) is 17.2 Å². The Balaban J connectivity index is 1.66. The highest BCUT2D eigenvalue weighted by Gasteiger charge is 2.39. The molecule has 3 rings (SSSR count). The van der Waals surface area contributed by atoms with Gasteiger partial charge in [0.15, 0.2) is 0 Å². The number of nitrogens with zero attached hydrogens (tertiary/aromatic N) is 1. The molecular formula is C18H25N3O. The summed E-state index contributed by atoms with van der Waals surface area (Å²) in [6.45, 7) is 8.35. The Bertz CT molecular complexity index is 532. The SMILES string of the molecule is C=CCNc1ccc(C(=O)N2CCC[C@]3(CCNC3)C2)cc1. The minimum absolute atomic E-state index is 0.168. The van der Waals surface area contributed by atoms with Gasteiger partial charge in [0.2, 0.25) is 0 Å². The van der Waals surface area contributed by atoms with Crippen molar-refractivity contribution in [3.63, 3.8) is 0 Å². The predicted molar refractivity (Wildman–Crippen MR) is 90.2 cm³/mol. The number of rotatable bonds is 4. The fourth-order valence-corrected chi connectivity index (χ4v) is 3.63. The van der Waals surface area contributed by atoms with Crippen molar-refractivity contribution in [2.45, 2.75) is 19.3 Å². The van der Waals surface area contributed by atoms with Crippen molar-refractivity contribution in [1.82, 2.24) is 10.2 Å². The van der Waals surface area contributed by atoms with Gasteiger partial charge < -0.3 is 15.5 Å². The molecule has 1 aromatic rings. The van der Waals surface area contributed by atoms with Crippen molar-refractivity contribution >= 4 is 11.6 Å². The Labute approximate surface area is 132 Å². The molecule has 2 fully saturated rings. The van der Waals surface area contributed by atoms with Crippen LogP contribution in [0.25, 0.3) is 0 Å². The molecular weight excluding hydrogens is 274 g/mol. The van der Waals surface area contributed by atoms with E-state index in [1.807, 2.05) is 35.2 Å². The van der Waals surface area contributed by atoms with E-state index < -0.39 is 0 Å². The lowest BCUT2D eigenvalue weighted by atomic mass is 9.79. The van der Waals surface area contributed by atoms with Crippen molar-refractivity contribution in [3.05, 3.63) is 42.5 Å². The molecule has 0 unspecified atom stereocenters. The van der Waals surface area contributed by atoms with Gasteiger partial charge in [0.05, 0.1) is 0 Å². The second-order valence-electron chi connectivity index (χ2n) is 6.50. The number of hydrogen-bond donors (Lipinski definition) is 2. The zero-order chi connectivity index (χ0) is 15.4. The monoisotopic (exact) mass is 299 g/mol. The molecule has 1 spiro atoms. The van der Waals surface area contributed by atoms with E-state index in [1.54, 1.807) is 0 Å². The van der Waals surface area contributed by atoms with Crippen LogP contribution in [0.2, 0.25) is 0 Å². The Kier molecular flexibility index (Phi) is 4.48. The van der Waals surface area contributed by atoms with Crippen LogP contribution in [0.15, 0.2) is 36.9 Å². The number of likely N-dealkylation sites (tertiary alicyclic amines) is 1. The van der Waals surface area contributed by atoms with Gasteiger partial charge in [-0.3, -0.25) is 4.79 Å². The zero-order valence-electron chi connectivity index (χ0n) is 13.1. The summed E-state index contributed by atoms with van der Waals surface area (Å²) >= 11 is 0. The van der Waals surface area contributed by atoms with Crippen LogP contribution in [-0.2, 0) is 0 Å². The fourth-order valence-electron chi connectivity index (χ4n) is 3.63. The lowest BCUT2D eigenvalue weighted by molar-refractivity contribution is 0.0553. The number of benzene rings is 1. The Morgan fingerprint density at radius 2 is 2.18 bits per heavy atom. The van der Waals surface area contributed by atoms with Gasteiger partial charge in [-0.25, -0.2) is 0 Å². The molecule has 2 aliphatic heterocycles. The van der Waals surface area contributed by atoms with Gasteiger partial charge >= 0.3 is 0 Å². The number of hydrogen-bond acceptors (Lipinski definition) is 3. The molecule has 0 radical (unpaired) electrons. The van der Waals surface area contributed by atoms with Crippen LogP contribution in [0.3, 0.4) is 0 Å². The second-order valence-corrected chi connectivity index (χ2v) is 6.50. The first-order valence-electron chi connectivity index (χ1n) is 8.17. The molecule has 2 saturated heterocycles. The Morgan fingerprint density at radius 3 is 2.86 bits per heavy atom. The molecule has 2 N–H and O–H groups in total. The Hall–Kier alpha value is -1.81. The number of amides is 1. The third kappa shape index (κ3) is 3.17. The quantitative estimate of drug-likeness (QED) is 0.840. The number of nitrogens with one attached hydrogen (secondary N) is 2. The Morgan fingerprint density at radius 1 is 1.36 bits per heavy atom. The van der Waals surface area contributed by atoms with Crippen molar-refractivity contribution in [2.24, 2.45) is 5.41 Å². The molecule has 0 aliphatic carbocycles. The van der Waals surface area contributed by atoms with Crippen LogP contribution in [0, 0.1) is 5.41 Å². The van der Waals surface area contributed by atoms with E-state index in [0.29, 0.717) is 5.41 Å². The van der Waals surface area contributed by atoms with Crippen molar-refractivity contribution in [1.29, 1.82) is 0 Å². The molecule has 2 aliphatic rings. The summed E-state index contributed by atoms with van der Waals surface area (Å²) in [6.07, 6.45) is 5.38. The normalized spacial score (nSPS) is 24.5. The highest BCUT2D eigenvalue weighted by Crippen LogP contribution is 2.35. The first kappa shape index (κ1) is 15.1. The molecule has 118 valence electrons. The van der Waals surface area contributed by atoms with E-state index >= 15 is 0 Å². The van der Waals surface area contributed by atoms with Crippen LogP contribution < -0.4 is 10.6 Å². The van der Waals surface area contributed by atoms with Crippen LogP contribution >= 0.6 is 0 Å². The maximum atomic E-state index is 12.7. The van der Waals surface area contributed by atoms with Gasteiger partial charge in [0.25, 0.3) is 5.91 Å². The minimum Gasteiger partial charge on any atom is -0.382 e. The second kappa shape index (κ2) is 6.53. The topological polar surface area (TPSA) is 44.4 Å². The van der Waals surface area contributed by atoms with E-state index in [0.717, 1.165) is 50.4 Å². The molecule has 4 nitrogen and oxygen atoms in total. The molecule has 0 saturated carbocycles. The zero-order valence-corrected chi connectivity index (χ0v) is 13.1. The van der Waals surface area contributed by atoms with Gasteiger partial charge in [-0.05, 0) is 50.1 Å². The van der Waals surface area contributed by atoms with Crippen LogP contribution in [0.5, 0.6) is 0 Å². The third-order valence-electron chi connectivity index (χ3n) is 4.86. The highest BCUT2D eigenvalue weighted by molar-refractivity contribution is 5.94. The van der Waals surface area contributed by atoms with Gasteiger partial charge in [-0.2, -0.15) is 0 Å². The summed E-state index contributed by atoms with van der Waals surface area (Å²) in [5.74, 6) is 0.168. The largest absolute Gasteiger partial charge is 0.382 e. The molecule has 1 amide bonds. The first-order chi connectivity index (χ1) is 10.7. The molecule has 0 aromatic heterocycles. The molecule has 0 bridgehead atoms. The van der Waals surface area contributed by atoms with E-state index in [4.69, 9.17) is 0 Å². The van der Waals surface area contributed by atoms with Crippen molar-refractivity contribution in [2.75, 3.05) is 38.0 Å². The van der Waals surface area contributed by atoms with Gasteiger partial charge in [0, 0.05) is 42.8 Å². The number of anilines is 1.